The first-order chi connectivity index (χ1) is 15.0. The van der Waals surface area contributed by atoms with Gasteiger partial charge in [-0.05, 0) is 49.1 Å². The number of hydrogen-bond donors (Lipinski definition) is 1. The smallest absolute Gasteiger partial charge is 0.244 e. The number of benzene rings is 2. The van der Waals surface area contributed by atoms with E-state index in [0.29, 0.717) is 22.7 Å². The Hall–Kier alpha value is -2.58. The maximum absolute atomic E-state index is 13.5. The molecule has 174 valence electrons. The number of carbonyl (C=O) groups excluding carboxylic acids is 2. The molecule has 0 fully saturated rings. The third-order valence-electron chi connectivity index (χ3n) is 5.42. The van der Waals surface area contributed by atoms with Gasteiger partial charge in [-0.25, -0.2) is 8.42 Å². The monoisotopic (exact) mass is 479 g/mol. The fraction of sp³-hybridized carbons (Fsp3) is 0.391. The van der Waals surface area contributed by atoms with Crippen LogP contribution in [0.2, 0.25) is 5.02 Å². The van der Waals surface area contributed by atoms with Crippen LogP contribution in [0.15, 0.2) is 42.5 Å². The first kappa shape index (κ1) is 25.7. The van der Waals surface area contributed by atoms with Gasteiger partial charge in [0.05, 0.1) is 11.9 Å². The van der Waals surface area contributed by atoms with E-state index in [1.165, 1.54) is 11.9 Å². The van der Waals surface area contributed by atoms with E-state index in [0.717, 1.165) is 21.7 Å². The summed E-state index contributed by atoms with van der Waals surface area (Å²) in [5, 5.41) is 3.00. The van der Waals surface area contributed by atoms with E-state index < -0.39 is 28.5 Å². The number of anilines is 1. The molecule has 0 spiro atoms. The zero-order valence-electron chi connectivity index (χ0n) is 19.1. The summed E-state index contributed by atoms with van der Waals surface area (Å²) in [6.07, 6.45) is 1.43. The van der Waals surface area contributed by atoms with Crippen molar-refractivity contribution in [1.29, 1.82) is 0 Å². The highest BCUT2D eigenvalue weighted by Crippen LogP contribution is 2.28. The molecule has 0 aliphatic carbocycles. The van der Waals surface area contributed by atoms with Gasteiger partial charge < -0.3 is 10.2 Å². The molecule has 0 unspecified atom stereocenters. The van der Waals surface area contributed by atoms with Crippen LogP contribution in [0.1, 0.15) is 30.0 Å². The van der Waals surface area contributed by atoms with Crippen molar-refractivity contribution in [1.82, 2.24) is 10.2 Å². The Morgan fingerprint density at radius 3 is 2.31 bits per heavy atom. The molecular formula is C23H30ClN3O4S. The molecule has 0 saturated heterocycles. The fourth-order valence-corrected chi connectivity index (χ4v) is 4.59. The molecule has 2 rings (SSSR count). The molecule has 1 atom stereocenters. The molecule has 2 aromatic rings. The normalized spacial score (nSPS) is 12.2. The largest absolute Gasteiger partial charge is 0.357 e. The van der Waals surface area contributed by atoms with E-state index in [-0.39, 0.29) is 12.5 Å². The molecule has 2 amide bonds. The van der Waals surface area contributed by atoms with Gasteiger partial charge in [-0.3, -0.25) is 13.9 Å². The Labute approximate surface area is 195 Å². The topological polar surface area (TPSA) is 86.8 Å². The summed E-state index contributed by atoms with van der Waals surface area (Å²) in [6, 6.07) is 11.7. The van der Waals surface area contributed by atoms with Crippen molar-refractivity contribution in [3.8, 4) is 0 Å². The van der Waals surface area contributed by atoms with Gasteiger partial charge in [-0.15, -0.1) is 0 Å². The Bertz CT molecular complexity index is 1090. The molecule has 1 N–H and O–H groups in total. The van der Waals surface area contributed by atoms with Gasteiger partial charge in [0, 0.05) is 18.6 Å². The molecule has 0 aliphatic rings. The second-order valence-corrected chi connectivity index (χ2v) is 9.95. The van der Waals surface area contributed by atoms with Crippen LogP contribution < -0.4 is 9.62 Å². The van der Waals surface area contributed by atoms with E-state index in [2.05, 4.69) is 5.32 Å². The number of halogens is 1. The van der Waals surface area contributed by atoms with Crippen LogP contribution in [0.4, 0.5) is 5.69 Å². The minimum absolute atomic E-state index is 0.184. The van der Waals surface area contributed by atoms with Gasteiger partial charge in [0.1, 0.15) is 12.6 Å². The summed E-state index contributed by atoms with van der Waals surface area (Å²) in [5.41, 5.74) is 2.74. The number of likely N-dealkylation sites (N-methyl/N-ethyl adjacent to an activating group) is 1. The first-order valence-corrected chi connectivity index (χ1v) is 12.5. The summed E-state index contributed by atoms with van der Waals surface area (Å²) < 4.78 is 26.3. The van der Waals surface area contributed by atoms with Crippen molar-refractivity contribution in [3.05, 3.63) is 64.2 Å². The quantitative estimate of drug-likeness (QED) is 0.598. The van der Waals surface area contributed by atoms with Crippen molar-refractivity contribution in [2.45, 2.75) is 39.8 Å². The number of amides is 2. The van der Waals surface area contributed by atoms with E-state index in [9.17, 15) is 18.0 Å². The van der Waals surface area contributed by atoms with Crippen LogP contribution in [0, 0.1) is 13.8 Å². The Balaban J connectivity index is 2.49. The number of nitrogens with one attached hydrogen (secondary N) is 1. The number of sulfonamides is 1. The molecule has 2 aromatic carbocycles. The highest BCUT2D eigenvalue weighted by molar-refractivity contribution is 7.92. The number of nitrogens with zero attached hydrogens (tertiary/aromatic N) is 2. The lowest BCUT2D eigenvalue weighted by atomic mass is 10.1. The van der Waals surface area contributed by atoms with Gasteiger partial charge in [0.2, 0.25) is 21.8 Å². The van der Waals surface area contributed by atoms with Gasteiger partial charge in [-0.2, -0.15) is 0 Å². The maximum atomic E-state index is 13.5. The van der Waals surface area contributed by atoms with Crippen LogP contribution in [0.3, 0.4) is 0 Å². The third-order valence-corrected chi connectivity index (χ3v) is 6.96. The van der Waals surface area contributed by atoms with Crippen molar-refractivity contribution in [2.75, 3.05) is 24.2 Å². The van der Waals surface area contributed by atoms with Gasteiger partial charge in [0.25, 0.3) is 0 Å². The van der Waals surface area contributed by atoms with Crippen LogP contribution in [-0.4, -0.2) is 51.0 Å². The predicted octanol–water partition coefficient (Wildman–Crippen LogP) is 3.28. The summed E-state index contributed by atoms with van der Waals surface area (Å²) >= 11 is 6.20. The summed E-state index contributed by atoms with van der Waals surface area (Å²) in [6.45, 7) is 5.18. The zero-order valence-corrected chi connectivity index (χ0v) is 20.6. The summed E-state index contributed by atoms with van der Waals surface area (Å²) in [4.78, 5) is 27.5. The van der Waals surface area contributed by atoms with Crippen LogP contribution >= 0.6 is 11.6 Å². The molecule has 7 nitrogen and oxygen atoms in total. The maximum Gasteiger partial charge on any atom is 0.244 e. The van der Waals surface area contributed by atoms with Crippen molar-refractivity contribution in [2.24, 2.45) is 0 Å². The van der Waals surface area contributed by atoms with Crippen LogP contribution in [0.25, 0.3) is 0 Å². The molecule has 0 bridgehead atoms. The molecule has 0 aliphatic heterocycles. The average Bonchev–Trinajstić information content (AvgIpc) is 2.74. The Kier molecular flexibility index (Phi) is 8.69. The Morgan fingerprint density at radius 1 is 1.09 bits per heavy atom. The number of rotatable bonds is 9. The van der Waals surface area contributed by atoms with E-state index in [1.807, 2.05) is 38.1 Å². The molecule has 0 aromatic heterocycles. The second kappa shape index (κ2) is 10.8. The molecule has 0 radical (unpaired) electrons. The highest BCUT2D eigenvalue weighted by atomic mass is 35.5. The third kappa shape index (κ3) is 6.01. The fourth-order valence-electron chi connectivity index (χ4n) is 3.52. The average molecular weight is 480 g/mol. The van der Waals surface area contributed by atoms with Crippen LogP contribution in [-0.2, 0) is 26.2 Å². The van der Waals surface area contributed by atoms with E-state index in [4.69, 9.17) is 11.6 Å². The SMILES string of the molecule is CC[C@H](C(=O)NC)N(Cc1ccccc1C)C(=O)CN(c1cccc(Cl)c1C)S(C)(=O)=O. The summed E-state index contributed by atoms with van der Waals surface area (Å²) in [7, 11) is -2.28. The van der Waals surface area contributed by atoms with E-state index >= 15 is 0 Å². The predicted molar refractivity (Wildman–Crippen MR) is 128 cm³/mol. The minimum Gasteiger partial charge on any atom is -0.357 e. The minimum atomic E-state index is -3.80. The lowest BCUT2D eigenvalue weighted by Crippen LogP contribution is -2.51. The molecular weight excluding hydrogens is 450 g/mol. The number of hydrogen-bond acceptors (Lipinski definition) is 4. The van der Waals surface area contributed by atoms with Gasteiger partial charge in [-0.1, -0.05) is 48.9 Å². The van der Waals surface area contributed by atoms with Crippen molar-refractivity contribution >= 4 is 39.1 Å². The lowest BCUT2D eigenvalue weighted by Gasteiger charge is -2.33. The van der Waals surface area contributed by atoms with Crippen molar-refractivity contribution < 1.29 is 18.0 Å². The number of aryl methyl sites for hydroxylation is 1. The molecule has 32 heavy (non-hydrogen) atoms. The molecule has 9 heteroatoms. The van der Waals surface area contributed by atoms with Gasteiger partial charge in [0.15, 0.2) is 0 Å². The zero-order chi connectivity index (χ0) is 24.1. The number of carbonyl (C=O) groups is 2. The summed E-state index contributed by atoms with van der Waals surface area (Å²) in [5.74, 6) is -0.784. The second-order valence-electron chi connectivity index (χ2n) is 7.64. The Morgan fingerprint density at radius 2 is 1.75 bits per heavy atom. The molecule has 0 heterocycles. The van der Waals surface area contributed by atoms with Crippen molar-refractivity contribution in [3.63, 3.8) is 0 Å². The highest BCUT2D eigenvalue weighted by Gasteiger charge is 2.32. The standard InChI is InChI=1S/C23H30ClN3O4S/c1-6-20(23(29)25-4)26(14-18-11-8-7-10-16(18)2)22(28)15-27(32(5,30)31)21-13-9-12-19(24)17(21)3/h7-13,20H,6,14-15H2,1-5H3,(H,25,29)/t20-/m1/s1. The van der Waals surface area contributed by atoms with Gasteiger partial charge >= 0.3 is 0 Å². The molecule has 0 saturated carbocycles. The van der Waals surface area contributed by atoms with Crippen LogP contribution in [0.5, 0.6) is 0 Å². The van der Waals surface area contributed by atoms with E-state index in [1.54, 1.807) is 25.1 Å². The lowest BCUT2D eigenvalue weighted by molar-refractivity contribution is -0.140. The first-order valence-electron chi connectivity index (χ1n) is 10.3.